The molecule has 0 saturated heterocycles. The molecule has 1 aromatic carbocycles. The zero-order chi connectivity index (χ0) is 16.4. The second-order valence-electron chi connectivity index (χ2n) is 5.14. The van der Waals surface area contributed by atoms with Gasteiger partial charge in [0.2, 0.25) is 0 Å². The van der Waals surface area contributed by atoms with E-state index in [1.807, 2.05) is 30.3 Å². The number of rotatable bonds is 6. The van der Waals surface area contributed by atoms with Crippen LogP contribution < -0.4 is 10.1 Å². The van der Waals surface area contributed by atoms with Gasteiger partial charge in [0.1, 0.15) is 12.1 Å². The van der Waals surface area contributed by atoms with E-state index in [0.29, 0.717) is 30.5 Å². The standard InChI is InChI=1S/C16H15N5O3/c1-22-7-8-23-16-11-5-4-10(9-13(11)24-21-16)18-15-14-12(19-20-15)3-2-6-17-14/h2-6,9H,7-8H2,1H3,(H2,18,19,20). The van der Waals surface area contributed by atoms with E-state index in [9.17, 15) is 0 Å². The molecule has 0 fully saturated rings. The Morgan fingerprint density at radius 1 is 1.25 bits per heavy atom. The number of benzene rings is 1. The van der Waals surface area contributed by atoms with Crippen LogP contribution in [-0.4, -0.2) is 40.7 Å². The first-order chi connectivity index (χ1) is 11.8. The molecule has 8 nitrogen and oxygen atoms in total. The highest BCUT2D eigenvalue weighted by Crippen LogP contribution is 2.29. The van der Waals surface area contributed by atoms with Crippen molar-refractivity contribution in [2.45, 2.75) is 0 Å². The van der Waals surface area contributed by atoms with Crippen LogP contribution in [0.1, 0.15) is 0 Å². The van der Waals surface area contributed by atoms with Gasteiger partial charge >= 0.3 is 0 Å². The highest BCUT2D eigenvalue weighted by molar-refractivity contribution is 5.90. The Labute approximate surface area is 136 Å². The number of aromatic amines is 1. The van der Waals surface area contributed by atoms with Gasteiger partial charge in [-0.3, -0.25) is 10.1 Å². The number of fused-ring (bicyclic) bond motifs is 2. The van der Waals surface area contributed by atoms with Crippen LogP contribution in [0.2, 0.25) is 0 Å². The first-order valence-corrected chi connectivity index (χ1v) is 7.42. The van der Waals surface area contributed by atoms with Crippen molar-refractivity contribution in [3.05, 3.63) is 36.5 Å². The lowest BCUT2D eigenvalue weighted by Gasteiger charge is -2.03. The van der Waals surface area contributed by atoms with Gasteiger partial charge in [-0.2, -0.15) is 5.10 Å². The second kappa shape index (κ2) is 6.17. The summed E-state index contributed by atoms with van der Waals surface area (Å²) in [6.45, 7) is 0.913. The first-order valence-electron chi connectivity index (χ1n) is 7.42. The average molecular weight is 325 g/mol. The molecule has 4 rings (SSSR count). The number of hydrogen-bond acceptors (Lipinski definition) is 7. The summed E-state index contributed by atoms with van der Waals surface area (Å²) in [5.41, 5.74) is 3.09. The third-order valence-electron chi connectivity index (χ3n) is 3.55. The number of hydrogen-bond donors (Lipinski definition) is 2. The zero-order valence-electron chi connectivity index (χ0n) is 12.9. The fourth-order valence-corrected chi connectivity index (χ4v) is 2.40. The van der Waals surface area contributed by atoms with Crippen LogP contribution in [0.5, 0.6) is 5.88 Å². The molecular weight excluding hydrogens is 310 g/mol. The van der Waals surface area contributed by atoms with E-state index in [2.05, 4.69) is 25.7 Å². The van der Waals surface area contributed by atoms with Gasteiger partial charge in [-0.25, -0.2) is 0 Å². The summed E-state index contributed by atoms with van der Waals surface area (Å²) in [6, 6.07) is 9.42. The Morgan fingerprint density at radius 2 is 2.21 bits per heavy atom. The molecule has 2 N–H and O–H groups in total. The Bertz CT molecular complexity index is 978. The molecule has 0 aliphatic rings. The normalized spacial score (nSPS) is 11.2. The molecular formula is C16H15N5O3. The predicted octanol–water partition coefficient (Wildman–Crippen LogP) is 2.87. The second-order valence-corrected chi connectivity index (χ2v) is 5.14. The van der Waals surface area contributed by atoms with Crippen LogP contribution in [0.3, 0.4) is 0 Å². The highest BCUT2D eigenvalue weighted by Gasteiger charge is 2.12. The maximum atomic E-state index is 5.53. The fourth-order valence-electron chi connectivity index (χ4n) is 2.40. The van der Waals surface area contributed by atoms with Gasteiger partial charge in [-0.05, 0) is 29.4 Å². The van der Waals surface area contributed by atoms with Crippen molar-refractivity contribution >= 4 is 33.5 Å². The lowest BCUT2D eigenvalue weighted by Crippen LogP contribution is -2.04. The van der Waals surface area contributed by atoms with Crippen molar-refractivity contribution in [2.24, 2.45) is 0 Å². The molecule has 0 radical (unpaired) electrons. The van der Waals surface area contributed by atoms with Crippen molar-refractivity contribution < 1.29 is 14.0 Å². The van der Waals surface area contributed by atoms with E-state index in [0.717, 1.165) is 22.1 Å². The lowest BCUT2D eigenvalue weighted by molar-refractivity contribution is 0.142. The maximum Gasteiger partial charge on any atom is 0.262 e. The molecule has 3 heterocycles. The van der Waals surface area contributed by atoms with Gasteiger partial charge in [0.05, 0.1) is 17.5 Å². The van der Waals surface area contributed by atoms with Gasteiger partial charge in [-0.1, -0.05) is 0 Å². The molecule has 3 aromatic heterocycles. The van der Waals surface area contributed by atoms with E-state index in [1.165, 1.54) is 0 Å². The van der Waals surface area contributed by atoms with Crippen LogP contribution in [0, 0.1) is 0 Å². The van der Waals surface area contributed by atoms with Crippen LogP contribution in [-0.2, 0) is 4.74 Å². The minimum absolute atomic E-state index is 0.420. The molecule has 0 unspecified atom stereocenters. The average Bonchev–Trinajstić information content (AvgIpc) is 3.20. The van der Waals surface area contributed by atoms with Crippen molar-refractivity contribution in [1.29, 1.82) is 0 Å². The largest absolute Gasteiger partial charge is 0.473 e. The van der Waals surface area contributed by atoms with Gasteiger partial charge in [-0.15, -0.1) is 0 Å². The summed E-state index contributed by atoms with van der Waals surface area (Å²) in [6.07, 6.45) is 1.73. The minimum Gasteiger partial charge on any atom is -0.473 e. The number of anilines is 2. The Kier molecular flexibility index (Phi) is 3.72. The Hall–Kier alpha value is -3.13. The summed E-state index contributed by atoms with van der Waals surface area (Å²) in [7, 11) is 1.62. The summed E-state index contributed by atoms with van der Waals surface area (Å²) >= 11 is 0. The SMILES string of the molecule is COCCOc1noc2cc(Nc3n[nH]c4cccnc34)ccc12. The smallest absolute Gasteiger partial charge is 0.262 e. The molecule has 0 bridgehead atoms. The summed E-state index contributed by atoms with van der Waals surface area (Å²) in [5.74, 6) is 1.11. The molecule has 122 valence electrons. The van der Waals surface area contributed by atoms with Crippen molar-refractivity contribution in [2.75, 3.05) is 25.6 Å². The zero-order valence-corrected chi connectivity index (χ0v) is 12.9. The Morgan fingerprint density at radius 3 is 3.12 bits per heavy atom. The molecule has 0 aliphatic carbocycles. The molecule has 24 heavy (non-hydrogen) atoms. The molecule has 0 saturated carbocycles. The number of H-pyrrole nitrogens is 1. The summed E-state index contributed by atoms with van der Waals surface area (Å²) in [5, 5.41) is 15.2. The van der Waals surface area contributed by atoms with Crippen molar-refractivity contribution in [3.63, 3.8) is 0 Å². The highest BCUT2D eigenvalue weighted by atomic mass is 16.6. The number of ether oxygens (including phenoxy) is 2. The number of nitrogens with one attached hydrogen (secondary N) is 2. The van der Waals surface area contributed by atoms with Crippen LogP contribution in [0.15, 0.2) is 41.1 Å². The number of aromatic nitrogens is 4. The lowest BCUT2D eigenvalue weighted by atomic mass is 10.2. The van der Waals surface area contributed by atoms with E-state index in [4.69, 9.17) is 14.0 Å². The first kappa shape index (κ1) is 14.5. The monoisotopic (exact) mass is 325 g/mol. The maximum absolute atomic E-state index is 5.53. The Balaban J connectivity index is 1.59. The van der Waals surface area contributed by atoms with E-state index >= 15 is 0 Å². The van der Waals surface area contributed by atoms with Gasteiger partial charge in [0.25, 0.3) is 5.88 Å². The van der Waals surface area contributed by atoms with Crippen molar-refractivity contribution in [1.82, 2.24) is 20.3 Å². The van der Waals surface area contributed by atoms with E-state index in [1.54, 1.807) is 13.3 Å². The molecule has 0 aliphatic heterocycles. The quantitative estimate of drug-likeness (QED) is 0.526. The van der Waals surface area contributed by atoms with Gasteiger partial charge in [0.15, 0.2) is 11.4 Å². The van der Waals surface area contributed by atoms with E-state index in [-0.39, 0.29) is 0 Å². The molecule has 0 amide bonds. The third-order valence-corrected chi connectivity index (χ3v) is 3.55. The van der Waals surface area contributed by atoms with Crippen LogP contribution in [0.4, 0.5) is 11.5 Å². The van der Waals surface area contributed by atoms with Gasteiger partial charge in [0, 0.05) is 25.1 Å². The molecule has 0 atom stereocenters. The number of nitrogens with zero attached hydrogens (tertiary/aromatic N) is 3. The van der Waals surface area contributed by atoms with Gasteiger partial charge < -0.3 is 19.3 Å². The predicted molar refractivity (Wildman–Crippen MR) is 88.6 cm³/mol. The van der Waals surface area contributed by atoms with Crippen LogP contribution >= 0.6 is 0 Å². The fraction of sp³-hybridized carbons (Fsp3) is 0.188. The van der Waals surface area contributed by atoms with Crippen LogP contribution in [0.25, 0.3) is 22.0 Å². The molecule has 4 aromatic rings. The topological polar surface area (TPSA) is 98.1 Å². The minimum atomic E-state index is 0.420. The molecule has 0 spiro atoms. The number of pyridine rings is 1. The van der Waals surface area contributed by atoms with E-state index < -0.39 is 0 Å². The molecule has 8 heteroatoms. The summed E-state index contributed by atoms with van der Waals surface area (Å²) in [4.78, 5) is 4.32. The van der Waals surface area contributed by atoms with Crippen molar-refractivity contribution in [3.8, 4) is 5.88 Å². The number of methoxy groups -OCH3 is 1. The summed E-state index contributed by atoms with van der Waals surface area (Å²) < 4.78 is 15.8. The third kappa shape index (κ3) is 2.63.